The van der Waals surface area contributed by atoms with Crippen LogP contribution in [-0.4, -0.2) is 63.3 Å². The number of aryl methyl sites for hydroxylation is 1. The predicted molar refractivity (Wildman–Crippen MR) is 90.8 cm³/mol. The van der Waals surface area contributed by atoms with Crippen molar-refractivity contribution in [2.75, 3.05) is 59.2 Å². The van der Waals surface area contributed by atoms with Crippen molar-refractivity contribution in [2.24, 2.45) is 0 Å². The number of rotatable bonds is 7. The SMILES string of the molecule is CCN1CCN(CCCc2cc(N)c(OC)cc2OC)CC1. The zero-order valence-electron chi connectivity index (χ0n) is 14.1. The Hall–Kier alpha value is -1.46. The van der Waals surface area contributed by atoms with E-state index in [4.69, 9.17) is 15.2 Å². The summed E-state index contributed by atoms with van der Waals surface area (Å²) < 4.78 is 10.7. The average molecular weight is 307 g/mol. The van der Waals surface area contributed by atoms with E-state index in [0.29, 0.717) is 11.4 Å². The third-order valence-electron chi connectivity index (χ3n) is 4.47. The molecule has 0 radical (unpaired) electrons. The first-order chi connectivity index (χ1) is 10.7. The molecule has 1 aromatic rings. The van der Waals surface area contributed by atoms with Gasteiger partial charge in [-0.05, 0) is 37.6 Å². The Balaban J connectivity index is 1.85. The van der Waals surface area contributed by atoms with E-state index in [-0.39, 0.29) is 0 Å². The average Bonchev–Trinajstić information content (AvgIpc) is 2.55. The number of benzene rings is 1. The van der Waals surface area contributed by atoms with E-state index in [1.54, 1.807) is 14.2 Å². The van der Waals surface area contributed by atoms with Crippen molar-refractivity contribution in [1.82, 2.24) is 9.80 Å². The lowest BCUT2D eigenvalue weighted by atomic mass is 10.1. The van der Waals surface area contributed by atoms with Crippen LogP contribution in [0.5, 0.6) is 11.5 Å². The van der Waals surface area contributed by atoms with Crippen LogP contribution in [0.4, 0.5) is 5.69 Å². The van der Waals surface area contributed by atoms with E-state index < -0.39 is 0 Å². The van der Waals surface area contributed by atoms with Gasteiger partial charge in [-0.15, -0.1) is 0 Å². The number of piperazine rings is 1. The number of likely N-dealkylation sites (N-methyl/N-ethyl adjacent to an activating group) is 1. The van der Waals surface area contributed by atoms with Crippen LogP contribution in [0.15, 0.2) is 12.1 Å². The highest BCUT2D eigenvalue weighted by Crippen LogP contribution is 2.31. The number of anilines is 1. The molecule has 124 valence electrons. The van der Waals surface area contributed by atoms with E-state index in [2.05, 4.69) is 16.7 Å². The monoisotopic (exact) mass is 307 g/mol. The van der Waals surface area contributed by atoms with Crippen LogP contribution in [0.1, 0.15) is 18.9 Å². The second kappa shape index (κ2) is 8.25. The van der Waals surface area contributed by atoms with Crippen LogP contribution < -0.4 is 15.2 Å². The molecule has 1 aliphatic heterocycles. The molecule has 0 aliphatic carbocycles. The molecular formula is C17H29N3O2. The lowest BCUT2D eigenvalue weighted by Gasteiger charge is -2.34. The van der Waals surface area contributed by atoms with Gasteiger partial charge in [0.05, 0.1) is 19.9 Å². The summed E-state index contributed by atoms with van der Waals surface area (Å²) in [5, 5.41) is 0. The normalized spacial score (nSPS) is 16.7. The molecule has 5 heteroatoms. The van der Waals surface area contributed by atoms with E-state index >= 15 is 0 Å². The number of nitrogens with two attached hydrogens (primary N) is 1. The molecule has 22 heavy (non-hydrogen) atoms. The zero-order valence-corrected chi connectivity index (χ0v) is 14.1. The van der Waals surface area contributed by atoms with Gasteiger partial charge in [0.1, 0.15) is 11.5 Å². The Kier molecular flexibility index (Phi) is 6.34. The van der Waals surface area contributed by atoms with Gasteiger partial charge in [0, 0.05) is 32.2 Å². The van der Waals surface area contributed by atoms with E-state index in [1.165, 1.54) is 26.2 Å². The van der Waals surface area contributed by atoms with Gasteiger partial charge in [0.15, 0.2) is 0 Å². The van der Waals surface area contributed by atoms with Gasteiger partial charge in [-0.1, -0.05) is 6.92 Å². The molecule has 1 heterocycles. The van der Waals surface area contributed by atoms with Crippen molar-refractivity contribution in [1.29, 1.82) is 0 Å². The molecule has 0 bridgehead atoms. The second-order valence-electron chi connectivity index (χ2n) is 5.79. The quantitative estimate of drug-likeness (QED) is 0.779. The highest BCUT2D eigenvalue weighted by Gasteiger charge is 2.15. The van der Waals surface area contributed by atoms with Crippen LogP contribution in [0, 0.1) is 0 Å². The lowest BCUT2D eigenvalue weighted by molar-refractivity contribution is 0.136. The van der Waals surface area contributed by atoms with Gasteiger partial charge in [-0.2, -0.15) is 0 Å². The highest BCUT2D eigenvalue weighted by molar-refractivity contribution is 5.59. The molecule has 1 aromatic carbocycles. The maximum atomic E-state index is 6.00. The Labute approximate surface area is 134 Å². The summed E-state index contributed by atoms with van der Waals surface area (Å²) >= 11 is 0. The number of nitrogens with zero attached hydrogens (tertiary/aromatic N) is 2. The van der Waals surface area contributed by atoms with E-state index in [1.807, 2.05) is 12.1 Å². The standard InChI is InChI=1S/C17H29N3O2/c1-4-19-8-10-20(11-9-19)7-5-6-14-12-15(18)17(22-3)13-16(14)21-2/h12-13H,4-11,18H2,1-3H3. The molecule has 0 spiro atoms. The molecule has 2 N–H and O–H groups in total. The molecule has 0 saturated carbocycles. The summed E-state index contributed by atoms with van der Waals surface area (Å²) in [6.07, 6.45) is 2.10. The molecule has 1 aliphatic rings. The minimum Gasteiger partial charge on any atom is -0.496 e. The first-order valence-electron chi connectivity index (χ1n) is 8.13. The summed E-state index contributed by atoms with van der Waals surface area (Å²) in [5.74, 6) is 1.54. The van der Waals surface area contributed by atoms with Crippen molar-refractivity contribution in [3.05, 3.63) is 17.7 Å². The fourth-order valence-corrected chi connectivity index (χ4v) is 3.01. The van der Waals surface area contributed by atoms with Crippen molar-refractivity contribution in [3.63, 3.8) is 0 Å². The van der Waals surface area contributed by atoms with Crippen LogP contribution in [0.25, 0.3) is 0 Å². The number of nitrogen functional groups attached to an aromatic ring is 1. The maximum absolute atomic E-state index is 6.00. The van der Waals surface area contributed by atoms with Crippen molar-refractivity contribution < 1.29 is 9.47 Å². The molecule has 0 amide bonds. The third-order valence-corrected chi connectivity index (χ3v) is 4.47. The smallest absolute Gasteiger partial charge is 0.145 e. The topological polar surface area (TPSA) is 51.0 Å². The summed E-state index contributed by atoms with van der Waals surface area (Å²) in [6.45, 7) is 9.26. The minimum atomic E-state index is 0.676. The third kappa shape index (κ3) is 4.27. The summed E-state index contributed by atoms with van der Waals surface area (Å²) in [4.78, 5) is 5.05. The maximum Gasteiger partial charge on any atom is 0.145 e. The summed E-state index contributed by atoms with van der Waals surface area (Å²) in [6, 6.07) is 3.86. The van der Waals surface area contributed by atoms with E-state index in [0.717, 1.165) is 37.2 Å². The minimum absolute atomic E-state index is 0.676. The molecule has 0 aromatic heterocycles. The number of methoxy groups -OCH3 is 2. The second-order valence-corrected chi connectivity index (χ2v) is 5.79. The van der Waals surface area contributed by atoms with Crippen LogP contribution >= 0.6 is 0 Å². The molecule has 0 atom stereocenters. The molecule has 1 saturated heterocycles. The van der Waals surface area contributed by atoms with E-state index in [9.17, 15) is 0 Å². The molecule has 2 rings (SSSR count). The Morgan fingerprint density at radius 2 is 1.64 bits per heavy atom. The Bertz CT molecular complexity index is 471. The predicted octanol–water partition coefficient (Wildman–Crippen LogP) is 1.86. The summed E-state index contributed by atoms with van der Waals surface area (Å²) in [5.41, 5.74) is 7.84. The lowest BCUT2D eigenvalue weighted by Crippen LogP contribution is -2.46. The fraction of sp³-hybridized carbons (Fsp3) is 0.647. The van der Waals surface area contributed by atoms with Crippen LogP contribution in [0.2, 0.25) is 0 Å². The van der Waals surface area contributed by atoms with Gasteiger partial charge >= 0.3 is 0 Å². The molecular weight excluding hydrogens is 278 g/mol. The van der Waals surface area contributed by atoms with Gasteiger partial charge in [0.2, 0.25) is 0 Å². The van der Waals surface area contributed by atoms with Gasteiger partial charge < -0.3 is 25.0 Å². The Morgan fingerprint density at radius 3 is 2.23 bits per heavy atom. The highest BCUT2D eigenvalue weighted by atomic mass is 16.5. The van der Waals surface area contributed by atoms with Gasteiger partial charge in [0.25, 0.3) is 0 Å². The fourth-order valence-electron chi connectivity index (χ4n) is 3.01. The van der Waals surface area contributed by atoms with Crippen LogP contribution in [0.3, 0.4) is 0 Å². The first-order valence-corrected chi connectivity index (χ1v) is 8.13. The van der Waals surface area contributed by atoms with Crippen molar-refractivity contribution in [3.8, 4) is 11.5 Å². The summed E-state index contributed by atoms with van der Waals surface area (Å²) in [7, 11) is 3.32. The zero-order chi connectivity index (χ0) is 15.9. The van der Waals surface area contributed by atoms with Gasteiger partial charge in [-0.3, -0.25) is 0 Å². The largest absolute Gasteiger partial charge is 0.496 e. The molecule has 5 nitrogen and oxygen atoms in total. The molecule has 1 fully saturated rings. The first kappa shape index (κ1) is 16.9. The number of hydrogen-bond donors (Lipinski definition) is 1. The number of hydrogen-bond acceptors (Lipinski definition) is 5. The molecule has 0 unspecified atom stereocenters. The number of ether oxygens (including phenoxy) is 2. The van der Waals surface area contributed by atoms with Gasteiger partial charge in [-0.25, -0.2) is 0 Å². The van der Waals surface area contributed by atoms with Crippen molar-refractivity contribution in [2.45, 2.75) is 19.8 Å². The van der Waals surface area contributed by atoms with Crippen LogP contribution in [-0.2, 0) is 6.42 Å². The Morgan fingerprint density at radius 1 is 1.00 bits per heavy atom. The van der Waals surface area contributed by atoms with Crippen molar-refractivity contribution >= 4 is 5.69 Å².